The highest BCUT2D eigenvalue weighted by Gasteiger charge is 2.31. The number of oxazole rings is 1. The lowest BCUT2D eigenvalue weighted by molar-refractivity contribution is -0.137. The molecule has 0 saturated carbocycles. The molecular formula is C22H14F3NO. The highest BCUT2D eigenvalue weighted by molar-refractivity contribution is 5.79. The summed E-state index contributed by atoms with van der Waals surface area (Å²) in [5.74, 6) is 0.674. The fourth-order valence-corrected chi connectivity index (χ4v) is 2.85. The van der Waals surface area contributed by atoms with Crippen LogP contribution in [0.5, 0.6) is 0 Å². The highest BCUT2D eigenvalue weighted by atomic mass is 19.4. The van der Waals surface area contributed by atoms with E-state index < -0.39 is 11.7 Å². The lowest BCUT2D eigenvalue weighted by Crippen LogP contribution is -2.04. The van der Waals surface area contributed by atoms with E-state index in [0.29, 0.717) is 11.5 Å². The van der Waals surface area contributed by atoms with Crippen LogP contribution in [-0.2, 0) is 6.18 Å². The van der Waals surface area contributed by atoms with Gasteiger partial charge in [0.05, 0.1) is 5.56 Å². The van der Waals surface area contributed by atoms with E-state index in [9.17, 15) is 13.2 Å². The summed E-state index contributed by atoms with van der Waals surface area (Å²) in [6.07, 6.45) is -4.42. The summed E-state index contributed by atoms with van der Waals surface area (Å²) >= 11 is 0. The van der Waals surface area contributed by atoms with Gasteiger partial charge in [-0.25, -0.2) is 4.98 Å². The van der Waals surface area contributed by atoms with E-state index >= 15 is 0 Å². The molecule has 0 fully saturated rings. The second-order valence-electron chi connectivity index (χ2n) is 6.01. The molecule has 0 N–H and O–H groups in total. The molecule has 1 heterocycles. The van der Waals surface area contributed by atoms with Gasteiger partial charge in [-0.3, -0.25) is 0 Å². The fraction of sp³-hybridized carbons (Fsp3) is 0.0455. The highest BCUT2D eigenvalue weighted by Crippen LogP contribution is 2.37. The molecule has 0 amide bonds. The van der Waals surface area contributed by atoms with Gasteiger partial charge < -0.3 is 4.42 Å². The summed E-state index contributed by atoms with van der Waals surface area (Å²) in [4.78, 5) is 4.52. The maximum Gasteiger partial charge on any atom is 0.416 e. The molecule has 0 atom stereocenters. The third kappa shape index (κ3) is 3.49. The van der Waals surface area contributed by atoms with Gasteiger partial charge in [0.15, 0.2) is 5.76 Å². The van der Waals surface area contributed by atoms with Gasteiger partial charge in [-0.15, -0.1) is 0 Å². The van der Waals surface area contributed by atoms with E-state index in [2.05, 4.69) is 4.98 Å². The number of nitrogens with zero attached hydrogens (tertiary/aromatic N) is 1. The Bertz CT molecular complexity index is 997. The zero-order valence-electron chi connectivity index (χ0n) is 14.1. The van der Waals surface area contributed by atoms with Crippen molar-refractivity contribution in [3.63, 3.8) is 0 Å². The van der Waals surface area contributed by atoms with Crippen molar-refractivity contribution in [2.45, 2.75) is 6.18 Å². The predicted octanol–water partition coefficient (Wildman–Crippen LogP) is 6.69. The number of aromatic nitrogens is 1. The third-order valence-corrected chi connectivity index (χ3v) is 4.15. The average molecular weight is 365 g/mol. The van der Waals surface area contributed by atoms with Crippen LogP contribution >= 0.6 is 0 Å². The van der Waals surface area contributed by atoms with Gasteiger partial charge >= 0.3 is 6.18 Å². The molecule has 0 unspecified atom stereocenters. The zero-order chi connectivity index (χ0) is 18.9. The van der Waals surface area contributed by atoms with Crippen LogP contribution in [0.25, 0.3) is 34.0 Å². The van der Waals surface area contributed by atoms with E-state index in [1.807, 2.05) is 60.7 Å². The summed E-state index contributed by atoms with van der Waals surface area (Å²) in [6, 6.07) is 23.8. The molecule has 27 heavy (non-hydrogen) atoms. The first kappa shape index (κ1) is 17.1. The van der Waals surface area contributed by atoms with Gasteiger partial charge in [-0.1, -0.05) is 66.7 Å². The number of halogens is 3. The minimum Gasteiger partial charge on any atom is -0.435 e. The van der Waals surface area contributed by atoms with Gasteiger partial charge in [0.25, 0.3) is 0 Å². The van der Waals surface area contributed by atoms with Gasteiger partial charge in [0.1, 0.15) is 5.69 Å². The SMILES string of the molecule is FC(F)(F)c1cccc(-c2nc(-c3ccccc3)c(-c3ccccc3)o2)c1. The minimum absolute atomic E-state index is 0.152. The Morgan fingerprint density at radius 1 is 0.667 bits per heavy atom. The first-order valence-electron chi connectivity index (χ1n) is 8.32. The van der Waals surface area contributed by atoms with Crippen molar-refractivity contribution in [3.8, 4) is 34.0 Å². The van der Waals surface area contributed by atoms with Crippen LogP contribution < -0.4 is 0 Å². The summed E-state index contributed by atoms with van der Waals surface area (Å²) in [6.45, 7) is 0. The second kappa shape index (κ2) is 6.76. The molecule has 0 radical (unpaired) electrons. The van der Waals surface area contributed by atoms with Crippen LogP contribution in [0.2, 0.25) is 0 Å². The van der Waals surface area contributed by atoms with E-state index in [1.54, 1.807) is 6.07 Å². The first-order chi connectivity index (χ1) is 13.0. The third-order valence-electron chi connectivity index (χ3n) is 4.15. The van der Waals surface area contributed by atoms with Crippen molar-refractivity contribution in [3.05, 3.63) is 90.5 Å². The number of benzene rings is 3. The van der Waals surface area contributed by atoms with Gasteiger partial charge in [0.2, 0.25) is 5.89 Å². The monoisotopic (exact) mass is 365 g/mol. The number of hydrogen-bond acceptors (Lipinski definition) is 2. The molecule has 0 aliphatic rings. The molecule has 1 aromatic heterocycles. The van der Waals surface area contributed by atoms with Gasteiger partial charge in [0, 0.05) is 16.7 Å². The van der Waals surface area contributed by atoms with Crippen LogP contribution in [0.3, 0.4) is 0 Å². The Kier molecular flexibility index (Phi) is 4.28. The molecule has 0 spiro atoms. The second-order valence-corrected chi connectivity index (χ2v) is 6.01. The molecule has 5 heteroatoms. The molecule has 4 rings (SSSR count). The van der Waals surface area contributed by atoms with Crippen LogP contribution in [0.15, 0.2) is 89.3 Å². The van der Waals surface area contributed by atoms with Crippen molar-refractivity contribution in [2.24, 2.45) is 0 Å². The van der Waals surface area contributed by atoms with E-state index in [0.717, 1.165) is 23.3 Å². The number of rotatable bonds is 3. The smallest absolute Gasteiger partial charge is 0.416 e. The Morgan fingerprint density at radius 2 is 1.26 bits per heavy atom. The Balaban J connectivity index is 1.88. The largest absolute Gasteiger partial charge is 0.435 e. The lowest BCUT2D eigenvalue weighted by atomic mass is 10.1. The average Bonchev–Trinajstić information content (AvgIpc) is 3.14. The summed E-state index contributed by atoms with van der Waals surface area (Å²) in [7, 11) is 0. The summed E-state index contributed by atoms with van der Waals surface area (Å²) < 4.78 is 45.1. The van der Waals surface area contributed by atoms with Crippen LogP contribution in [0.4, 0.5) is 13.2 Å². The van der Waals surface area contributed by atoms with E-state index in [4.69, 9.17) is 4.42 Å². The minimum atomic E-state index is -4.42. The van der Waals surface area contributed by atoms with E-state index in [1.165, 1.54) is 6.07 Å². The lowest BCUT2D eigenvalue weighted by Gasteiger charge is -2.06. The maximum absolute atomic E-state index is 13.0. The van der Waals surface area contributed by atoms with Crippen molar-refractivity contribution in [1.29, 1.82) is 0 Å². The van der Waals surface area contributed by atoms with Gasteiger partial charge in [-0.2, -0.15) is 13.2 Å². The molecule has 134 valence electrons. The van der Waals surface area contributed by atoms with E-state index in [-0.39, 0.29) is 11.5 Å². The number of alkyl halides is 3. The fourth-order valence-electron chi connectivity index (χ4n) is 2.85. The zero-order valence-corrected chi connectivity index (χ0v) is 14.1. The Morgan fingerprint density at radius 3 is 1.89 bits per heavy atom. The normalized spacial score (nSPS) is 11.5. The molecule has 0 aliphatic carbocycles. The van der Waals surface area contributed by atoms with Crippen LogP contribution in [0, 0.1) is 0 Å². The quantitative estimate of drug-likeness (QED) is 0.404. The molecular weight excluding hydrogens is 351 g/mol. The van der Waals surface area contributed by atoms with Crippen molar-refractivity contribution in [2.75, 3.05) is 0 Å². The summed E-state index contributed by atoms with van der Waals surface area (Å²) in [5, 5.41) is 0. The molecule has 0 bridgehead atoms. The number of hydrogen-bond donors (Lipinski definition) is 0. The maximum atomic E-state index is 13.0. The molecule has 2 nitrogen and oxygen atoms in total. The van der Waals surface area contributed by atoms with Crippen molar-refractivity contribution >= 4 is 0 Å². The van der Waals surface area contributed by atoms with Crippen LogP contribution in [0.1, 0.15) is 5.56 Å². The predicted molar refractivity (Wildman–Crippen MR) is 97.8 cm³/mol. The standard InChI is InChI=1S/C22H14F3NO/c23-22(24,25)18-13-7-12-17(14-18)21-26-19(15-8-3-1-4-9-15)20(27-21)16-10-5-2-6-11-16/h1-14H. The first-order valence-corrected chi connectivity index (χ1v) is 8.32. The van der Waals surface area contributed by atoms with Crippen molar-refractivity contribution in [1.82, 2.24) is 4.98 Å². The molecule has 0 saturated heterocycles. The van der Waals surface area contributed by atoms with Crippen molar-refractivity contribution < 1.29 is 17.6 Å². The topological polar surface area (TPSA) is 26.0 Å². The molecule has 4 aromatic rings. The van der Waals surface area contributed by atoms with Gasteiger partial charge in [-0.05, 0) is 18.2 Å². The molecule has 3 aromatic carbocycles. The Labute approximate surface area is 153 Å². The summed E-state index contributed by atoms with van der Waals surface area (Å²) in [5.41, 5.74) is 1.78. The van der Waals surface area contributed by atoms with Crippen LogP contribution in [-0.4, -0.2) is 4.98 Å². The molecule has 0 aliphatic heterocycles. The Hall–Kier alpha value is -3.34.